The highest BCUT2D eigenvalue weighted by Crippen LogP contribution is 2.43. The zero-order chi connectivity index (χ0) is 14.1. The maximum atomic E-state index is 11.4. The van der Waals surface area contributed by atoms with E-state index in [4.69, 9.17) is 0 Å². The molecule has 1 aliphatic carbocycles. The van der Waals surface area contributed by atoms with Crippen LogP contribution >= 0.6 is 0 Å². The maximum absolute atomic E-state index is 11.4. The van der Waals surface area contributed by atoms with Gasteiger partial charge in [0, 0.05) is 18.2 Å². The minimum atomic E-state index is 0.139. The lowest BCUT2D eigenvalue weighted by molar-refractivity contribution is -0.116. The highest BCUT2D eigenvalue weighted by Gasteiger charge is 2.34. The summed E-state index contributed by atoms with van der Waals surface area (Å²) in [5.74, 6) is 1.71. The lowest BCUT2D eigenvalue weighted by Gasteiger charge is -2.27. The van der Waals surface area contributed by atoms with Crippen molar-refractivity contribution in [2.24, 2.45) is 11.8 Å². The smallest absolute Gasteiger partial charge is 0.224 e. The van der Waals surface area contributed by atoms with Crippen molar-refractivity contribution in [3.05, 3.63) is 29.3 Å². The summed E-state index contributed by atoms with van der Waals surface area (Å²) in [5.41, 5.74) is 3.66. The summed E-state index contributed by atoms with van der Waals surface area (Å²) >= 11 is 0. The number of benzene rings is 1. The molecule has 0 bridgehead atoms. The van der Waals surface area contributed by atoms with Gasteiger partial charge in [0.1, 0.15) is 0 Å². The third-order valence-corrected chi connectivity index (χ3v) is 4.70. The van der Waals surface area contributed by atoms with Crippen molar-refractivity contribution >= 4 is 11.6 Å². The highest BCUT2D eigenvalue weighted by atomic mass is 16.1. The van der Waals surface area contributed by atoms with Crippen LogP contribution in [0.2, 0.25) is 0 Å². The lowest BCUT2D eigenvalue weighted by Crippen LogP contribution is -2.28. The van der Waals surface area contributed by atoms with Crippen LogP contribution in [0, 0.1) is 11.8 Å². The van der Waals surface area contributed by atoms with Crippen LogP contribution in [0.25, 0.3) is 0 Å². The lowest BCUT2D eigenvalue weighted by atomic mass is 9.88. The van der Waals surface area contributed by atoms with Gasteiger partial charge in [0.15, 0.2) is 0 Å². The molecule has 1 amide bonds. The second-order valence-corrected chi connectivity index (χ2v) is 6.20. The summed E-state index contributed by atoms with van der Waals surface area (Å²) in [4.78, 5) is 11.4. The Morgan fingerprint density at radius 1 is 1.35 bits per heavy atom. The molecule has 2 N–H and O–H groups in total. The first kappa shape index (κ1) is 13.6. The van der Waals surface area contributed by atoms with E-state index in [2.05, 4.69) is 42.7 Å². The first-order chi connectivity index (χ1) is 9.69. The zero-order valence-corrected chi connectivity index (χ0v) is 12.4. The quantitative estimate of drug-likeness (QED) is 0.863. The normalized spacial score (nSPS) is 21.0. The van der Waals surface area contributed by atoms with E-state index in [0.717, 1.165) is 24.6 Å². The van der Waals surface area contributed by atoms with Gasteiger partial charge in [0.2, 0.25) is 5.91 Å². The molecule has 3 nitrogen and oxygen atoms in total. The van der Waals surface area contributed by atoms with Crippen LogP contribution in [0.3, 0.4) is 0 Å². The SMILES string of the molecule is CCNC(c1ccc2c(c1)CCC(=O)N2)C(C)C1CC1. The molecule has 2 aliphatic rings. The average Bonchev–Trinajstić information content (AvgIpc) is 3.28. The summed E-state index contributed by atoms with van der Waals surface area (Å²) in [5, 5.41) is 6.61. The summed E-state index contributed by atoms with van der Waals surface area (Å²) in [6, 6.07) is 6.99. The number of fused-ring (bicyclic) bond motifs is 1. The fraction of sp³-hybridized carbons (Fsp3) is 0.588. The Kier molecular flexibility index (Phi) is 3.79. The molecule has 108 valence electrons. The Hall–Kier alpha value is -1.35. The van der Waals surface area contributed by atoms with Gasteiger partial charge in [0.05, 0.1) is 0 Å². The van der Waals surface area contributed by atoms with Gasteiger partial charge in [0.25, 0.3) is 0 Å². The van der Waals surface area contributed by atoms with Crippen molar-refractivity contribution in [2.75, 3.05) is 11.9 Å². The molecule has 3 rings (SSSR count). The van der Waals surface area contributed by atoms with Gasteiger partial charge >= 0.3 is 0 Å². The number of carbonyl (C=O) groups excluding carboxylic acids is 1. The number of amides is 1. The van der Waals surface area contributed by atoms with E-state index in [1.165, 1.54) is 24.0 Å². The van der Waals surface area contributed by atoms with Crippen molar-refractivity contribution in [3.63, 3.8) is 0 Å². The molecule has 1 fully saturated rings. The van der Waals surface area contributed by atoms with Crippen LogP contribution in [0.15, 0.2) is 18.2 Å². The van der Waals surface area contributed by atoms with Gasteiger partial charge in [-0.2, -0.15) is 0 Å². The number of nitrogens with one attached hydrogen (secondary N) is 2. The molecule has 1 aromatic rings. The van der Waals surface area contributed by atoms with Crippen molar-refractivity contribution < 1.29 is 4.79 Å². The molecular formula is C17H24N2O. The fourth-order valence-corrected chi connectivity index (χ4v) is 3.32. The third kappa shape index (κ3) is 2.73. The minimum absolute atomic E-state index is 0.139. The average molecular weight is 272 g/mol. The van der Waals surface area contributed by atoms with Crippen LogP contribution in [-0.2, 0) is 11.2 Å². The summed E-state index contributed by atoms with van der Waals surface area (Å²) < 4.78 is 0. The first-order valence-electron chi connectivity index (χ1n) is 7.85. The summed E-state index contributed by atoms with van der Waals surface area (Å²) in [6.45, 7) is 5.53. The second kappa shape index (κ2) is 5.57. The molecule has 0 saturated heterocycles. The van der Waals surface area contributed by atoms with E-state index in [1.807, 2.05) is 0 Å². The molecule has 3 heteroatoms. The van der Waals surface area contributed by atoms with Crippen LogP contribution in [0.4, 0.5) is 5.69 Å². The Morgan fingerprint density at radius 3 is 2.85 bits per heavy atom. The van der Waals surface area contributed by atoms with Crippen LogP contribution in [0.1, 0.15) is 50.3 Å². The monoisotopic (exact) mass is 272 g/mol. The molecule has 0 spiro atoms. The standard InChI is InChI=1S/C17H24N2O/c1-3-18-17(11(2)12-4-5-12)14-6-8-15-13(10-14)7-9-16(20)19-15/h6,8,10-12,17-18H,3-5,7,9H2,1-2H3,(H,19,20). The van der Waals surface area contributed by atoms with Crippen molar-refractivity contribution in [2.45, 2.75) is 45.6 Å². The molecule has 1 aromatic carbocycles. The van der Waals surface area contributed by atoms with Gasteiger partial charge in [-0.3, -0.25) is 4.79 Å². The van der Waals surface area contributed by atoms with E-state index in [-0.39, 0.29) is 5.91 Å². The van der Waals surface area contributed by atoms with Crippen LogP contribution in [-0.4, -0.2) is 12.5 Å². The number of hydrogen-bond donors (Lipinski definition) is 2. The molecule has 1 heterocycles. The Morgan fingerprint density at radius 2 is 2.15 bits per heavy atom. The van der Waals surface area contributed by atoms with Gasteiger partial charge in [-0.1, -0.05) is 26.0 Å². The van der Waals surface area contributed by atoms with E-state index >= 15 is 0 Å². The molecule has 1 aliphatic heterocycles. The molecule has 0 aromatic heterocycles. The largest absolute Gasteiger partial charge is 0.326 e. The number of anilines is 1. The van der Waals surface area contributed by atoms with Crippen molar-refractivity contribution in [1.29, 1.82) is 0 Å². The Bertz CT molecular complexity index is 508. The molecule has 2 unspecified atom stereocenters. The van der Waals surface area contributed by atoms with E-state index < -0.39 is 0 Å². The predicted molar refractivity (Wildman–Crippen MR) is 81.7 cm³/mol. The topological polar surface area (TPSA) is 41.1 Å². The molecule has 20 heavy (non-hydrogen) atoms. The van der Waals surface area contributed by atoms with E-state index in [9.17, 15) is 4.79 Å². The predicted octanol–water partition coefficient (Wildman–Crippen LogP) is 3.27. The summed E-state index contributed by atoms with van der Waals surface area (Å²) in [6.07, 6.45) is 4.24. The number of aryl methyl sites for hydroxylation is 1. The third-order valence-electron chi connectivity index (χ3n) is 4.70. The maximum Gasteiger partial charge on any atom is 0.224 e. The minimum Gasteiger partial charge on any atom is -0.326 e. The number of rotatable bonds is 5. The molecule has 0 radical (unpaired) electrons. The molecular weight excluding hydrogens is 248 g/mol. The van der Waals surface area contributed by atoms with Gasteiger partial charge in [-0.25, -0.2) is 0 Å². The Balaban J connectivity index is 1.85. The van der Waals surface area contributed by atoms with Crippen molar-refractivity contribution in [3.8, 4) is 0 Å². The van der Waals surface area contributed by atoms with E-state index in [0.29, 0.717) is 18.4 Å². The van der Waals surface area contributed by atoms with Gasteiger partial charge in [-0.15, -0.1) is 0 Å². The summed E-state index contributed by atoms with van der Waals surface area (Å²) in [7, 11) is 0. The zero-order valence-electron chi connectivity index (χ0n) is 12.4. The second-order valence-electron chi connectivity index (χ2n) is 6.20. The molecule has 1 saturated carbocycles. The van der Waals surface area contributed by atoms with Gasteiger partial charge in [-0.05, 0) is 54.8 Å². The number of hydrogen-bond acceptors (Lipinski definition) is 2. The van der Waals surface area contributed by atoms with Crippen LogP contribution in [0.5, 0.6) is 0 Å². The van der Waals surface area contributed by atoms with E-state index in [1.54, 1.807) is 0 Å². The van der Waals surface area contributed by atoms with Gasteiger partial charge < -0.3 is 10.6 Å². The van der Waals surface area contributed by atoms with Crippen molar-refractivity contribution in [1.82, 2.24) is 5.32 Å². The van der Waals surface area contributed by atoms with Crippen LogP contribution < -0.4 is 10.6 Å². The Labute approximate surface area is 121 Å². The first-order valence-corrected chi connectivity index (χ1v) is 7.85. The molecule has 2 atom stereocenters. The fourth-order valence-electron chi connectivity index (χ4n) is 3.32. The highest BCUT2D eigenvalue weighted by molar-refractivity contribution is 5.93. The number of carbonyl (C=O) groups is 1.